The molecule has 3 saturated heterocycles. The Bertz CT molecular complexity index is 895. The zero-order valence-electron chi connectivity index (χ0n) is 19.9. The van der Waals surface area contributed by atoms with E-state index in [1.165, 1.54) is 68.4 Å². The molecule has 0 aliphatic carbocycles. The van der Waals surface area contributed by atoms with E-state index < -0.39 is 0 Å². The Kier molecular flexibility index (Phi) is 7.79. The Balaban J connectivity index is 0.980. The number of thiophene rings is 1. The van der Waals surface area contributed by atoms with E-state index in [2.05, 4.69) is 42.5 Å². The van der Waals surface area contributed by atoms with Crippen LogP contribution in [0.25, 0.3) is 10.1 Å². The minimum absolute atomic E-state index is 0.142. The van der Waals surface area contributed by atoms with Gasteiger partial charge < -0.3 is 20.0 Å². The van der Waals surface area contributed by atoms with Crippen LogP contribution in [0.1, 0.15) is 51.4 Å². The van der Waals surface area contributed by atoms with Crippen LogP contribution in [0.3, 0.4) is 0 Å². The fourth-order valence-electron chi connectivity index (χ4n) is 5.94. The number of rotatable bonds is 7. The molecule has 0 saturated carbocycles. The third-order valence-electron chi connectivity index (χ3n) is 7.94. The standard InChI is InChI=1S/C26H39N5OS/c32-26(21-6-18-31(19-7-21)25-23-10-20-33-24(23)5-12-27-25)28-11-4-13-29-16-8-22(9-17-29)30-14-2-1-3-15-30/h5,10,12,20-22H,1-4,6-9,11,13-19H2,(H,28,32). The van der Waals surface area contributed by atoms with Crippen molar-refractivity contribution in [2.45, 2.75) is 57.4 Å². The predicted octanol–water partition coefficient (Wildman–Crippen LogP) is 3.97. The SMILES string of the molecule is O=C(NCCCN1CCC(N2CCCCC2)CC1)C1CCN(c2nccc3sccc23)CC1. The number of anilines is 1. The van der Waals surface area contributed by atoms with E-state index >= 15 is 0 Å². The maximum absolute atomic E-state index is 12.7. The molecule has 0 radical (unpaired) electrons. The number of piperidine rings is 3. The summed E-state index contributed by atoms with van der Waals surface area (Å²) in [6.07, 6.45) is 11.6. The number of fused-ring (bicyclic) bond motifs is 1. The molecule has 2 aromatic rings. The Hall–Kier alpha value is -1.70. The highest BCUT2D eigenvalue weighted by Crippen LogP contribution is 2.31. The lowest BCUT2D eigenvalue weighted by Gasteiger charge is -2.40. The van der Waals surface area contributed by atoms with E-state index in [0.29, 0.717) is 0 Å². The van der Waals surface area contributed by atoms with Crippen LogP contribution in [0, 0.1) is 5.92 Å². The third kappa shape index (κ3) is 5.69. The molecule has 0 atom stereocenters. The fraction of sp³-hybridized carbons (Fsp3) is 0.692. The number of amides is 1. The van der Waals surface area contributed by atoms with Crippen molar-refractivity contribution in [1.82, 2.24) is 20.1 Å². The van der Waals surface area contributed by atoms with Gasteiger partial charge in [0.15, 0.2) is 0 Å². The summed E-state index contributed by atoms with van der Waals surface area (Å²) >= 11 is 1.76. The van der Waals surface area contributed by atoms with Crippen LogP contribution in [0.4, 0.5) is 5.82 Å². The number of aromatic nitrogens is 1. The topological polar surface area (TPSA) is 51.7 Å². The molecule has 0 unspecified atom stereocenters. The molecule has 0 aromatic carbocycles. The van der Waals surface area contributed by atoms with Gasteiger partial charge in [0.05, 0.1) is 0 Å². The first-order chi connectivity index (χ1) is 16.3. The zero-order chi connectivity index (χ0) is 22.5. The second-order valence-corrected chi connectivity index (χ2v) is 11.0. The molecule has 3 fully saturated rings. The van der Waals surface area contributed by atoms with Crippen molar-refractivity contribution in [2.75, 3.05) is 57.3 Å². The van der Waals surface area contributed by atoms with Gasteiger partial charge in [0.1, 0.15) is 5.82 Å². The van der Waals surface area contributed by atoms with Crippen LogP contribution in [-0.2, 0) is 4.79 Å². The summed E-state index contributed by atoms with van der Waals surface area (Å²) in [5, 5.41) is 6.60. The van der Waals surface area contributed by atoms with Crippen molar-refractivity contribution in [3.63, 3.8) is 0 Å². The van der Waals surface area contributed by atoms with Gasteiger partial charge in [0, 0.05) is 47.9 Å². The number of nitrogens with zero attached hydrogens (tertiary/aromatic N) is 4. The van der Waals surface area contributed by atoms with Crippen LogP contribution < -0.4 is 10.2 Å². The minimum atomic E-state index is 0.142. The lowest BCUT2D eigenvalue weighted by molar-refractivity contribution is -0.125. The number of hydrogen-bond donors (Lipinski definition) is 1. The van der Waals surface area contributed by atoms with Crippen LogP contribution in [0.2, 0.25) is 0 Å². The molecule has 0 spiro atoms. The second kappa shape index (κ2) is 11.2. The summed E-state index contributed by atoms with van der Waals surface area (Å²) in [6, 6.07) is 5.06. The Morgan fingerprint density at radius 3 is 2.58 bits per heavy atom. The average molecular weight is 470 g/mol. The Morgan fingerprint density at radius 2 is 1.79 bits per heavy atom. The Morgan fingerprint density at radius 1 is 1.00 bits per heavy atom. The molecule has 5 heterocycles. The maximum Gasteiger partial charge on any atom is 0.223 e. The van der Waals surface area contributed by atoms with E-state index in [1.54, 1.807) is 11.3 Å². The highest BCUT2D eigenvalue weighted by molar-refractivity contribution is 7.17. The quantitative estimate of drug-likeness (QED) is 0.622. The summed E-state index contributed by atoms with van der Waals surface area (Å²) in [4.78, 5) is 25.0. The van der Waals surface area contributed by atoms with Gasteiger partial charge in [0.2, 0.25) is 5.91 Å². The van der Waals surface area contributed by atoms with Gasteiger partial charge >= 0.3 is 0 Å². The summed E-state index contributed by atoms with van der Waals surface area (Å²) in [7, 11) is 0. The van der Waals surface area contributed by atoms with Gasteiger partial charge in [-0.05, 0) is 95.2 Å². The molecule has 5 rings (SSSR count). The van der Waals surface area contributed by atoms with Crippen LogP contribution >= 0.6 is 11.3 Å². The van der Waals surface area contributed by atoms with Crippen molar-refractivity contribution in [3.05, 3.63) is 23.7 Å². The molecule has 1 amide bonds. The third-order valence-corrected chi connectivity index (χ3v) is 8.82. The van der Waals surface area contributed by atoms with Crippen LogP contribution in [-0.4, -0.2) is 79.1 Å². The van der Waals surface area contributed by atoms with Gasteiger partial charge in [-0.2, -0.15) is 0 Å². The van der Waals surface area contributed by atoms with E-state index in [-0.39, 0.29) is 11.8 Å². The summed E-state index contributed by atoms with van der Waals surface area (Å²) in [5.41, 5.74) is 0. The first-order valence-corrected chi connectivity index (χ1v) is 14.0. The molecule has 0 bridgehead atoms. The average Bonchev–Trinajstić information content (AvgIpc) is 3.37. The van der Waals surface area contributed by atoms with Crippen LogP contribution in [0.15, 0.2) is 23.7 Å². The zero-order valence-corrected chi connectivity index (χ0v) is 20.7. The van der Waals surface area contributed by atoms with Gasteiger partial charge in [0.25, 0.3) is 0 Å². The number of hydrogen-bond acceptors (Lipinski definition) is 6. The molecule has 3 aliphatic rings. The maximum atomic E-state index is 12.7. The van der Waals surface area contributed by atoms with Gasteiger partial charge in [-0.1, -0.05) is 6.42 Å². The monoisotopic (exact) mass is 469 g/mol. The number of carbonyl (C=O) groups excluding carboxylic acids is 1. The fourth-order valence-corrected chi connectivity index (χ4v) is 6.71. The minimum Gasteiger partial charge on any atom is -0.356 e. The van der Waals surface area contributed by atoms with Gasteiger partial charge in [-0.15, -0.1) is 11.3 Å². The lowest BCUT2D eigenvalue weighted by Crippen LogP contribution is -2.47. The van der Waals surface area contributed by atoms with Crippen LogP contribution in [0.5, 0.6) is 0 Å². The van der Waals surface area contributed by atoms with E-state index in [9.17, 15) is 4.79 Å². The predicted molar refractivity (Wildman–Crippen MR) is 137 cm³/mol. The molecule has 33 heavy (non-hydrogen) atoms. The lowest BCUT2D eigenvalue weighted by atomic mass is 9.95. The first kappa shape index (κ1) is 23.1. The number of pyridine rings is 1. The van der Waals surface area contributed by atoms with Crippen molar-refractivity contribution < 1.29 is 4.79 Å². The highest BCUT2D eigenvalue weighted by atomic mass is 32.1. The van der Waals surface area contributed by atoms with Gasteiger partial charge in [-0.3, -0.25) is 4.79 Å². The molecule has 2 aromatic heterocycles. The molecule has 1 N–H and O–H groups in total. The van der Waals surface area contributed by atoms with E-state index in [0.717, 1.165) is 57.3 Å². The highest BCUT2D eigenvalue weighted by Gasteiger charge is 2.27. The second-order valence-electron chi connectivity index (χ2n) is 10.0. The normalized spacial score (nSPS) is 22.1. The molecule has 180 valence electrons. The smallest absolute Gasteiger partial charge is 0.223 e. The van der Waals surface area contributed by atoms with Crippen molar-refractivity contribution in [1.29, 1.82) is 0 Å². The van der Waals surface area contributed by atoms with E-state index in [4.69, 9.17) is 0 Å². The van der Waals surface area contributed by atoms with Crippen molar-refractivity contribution >= 4 is 33.1 Å². The molecular weight excluding hydrogens is 430 g/mol. The number of likely N-dealkylation sites (tertiary alicyclic amines) is 2. The largest absolute Gasteiger partial charge is 0.356 e. The summed E-state index contributed by atoms with van der Waals surface area (Å²) in [5.74, 6) is 1.47. The molecule has 7 heteroatoms. The van der Waals surface area contributed by atoms with Crippen molar-refractivity contribution in [2.24, 2.45) is 5.92 Å². The van der Waals surface area contributed by atoms with Gasteiger partial charge in [-0.25, -0.2) is 4.98 Å². The van der Waals surface area contributed by atoms with E-state index in [1.807, 2.05) is 6.20 Å². The summed E-state index contributed by atoms with van der Waals surface area (Å²) < 4.78 is 1.29. The molecule has 6 nitrogen and oxygen atoms in total. The molecular formula is C26H39N5OS. The number of nitrogens with one attached hydrogen (secondary N) is 1. The summed E-state index contributed by atoms with van der Waals surface area (Å²) in [6.45, 7) is 8.81. The Labute approximate surface area is 202 Å². The first-order valence-electron chi connectivity index (χ1n) is 13.1. The van der Waals surface area contributed by atoms with Crippen molar-refractivity contribution in [3.8, 4) is 0 Å². The number of carbonyl (C=O) groups is 1. The molecule has 3 aliphatic heterocycles.